The predicted octanol–water partition coefficient (Wildman–Crippen LogP) is 1.11. The number of methoxy groups -OCH3 is 1. The molecule has 0 radical (unpaired) electrons. The number of aromatic nitrogens is 1. The number of thiazole rings is 1. The summed E-state index contributed by atoms with van der Waals surface area (Å²) in [7, 11) is 1.45. The molecule has 1 atom stereocenters. The Morgan fingerprint density at radius 2 is 2.59 bits per heavy atom. The molecule has 1 fully saturated rings. The molecule has 0 aromatic carbocycles. The summed E-state index contributed by atoms with van der Waals surface area (Å²) in [6, 6.07) is 0. The minimum Gasteiger partial charge on any atom is -0.469 e. The highest BCUT2D eigenvalue weighted by atomic mass is 32.1. The molecule has 6 heteroatoms. The second kappa shape index (κ2) is 5.46. The number of nitrogens with zero attached hydrogens (tertiary/aromatic N) is 2. The summed E-state index contributed by atoms with van der Waals surface area (Å²) in [6.45, 7) is 2.61. The number of likely N-dealkylation sites (tertiary alicyclic amines) is 1. The number of carbonyl (C=O) groups excluding carboxylic acids is 1. The van der Waals surface area contributed by atoms with E-state index in [1.165, 1.54) is 18.4 Å². The third-order valence-electron chi connectivity index (χ3n) is 2.99. The summed E-state index contributed by atoms with van der Waals surface area (Å²) in [5.74, 6) is -0.0856. The highest BCUT2D eigenvalue weighted by Crippen LogP contribution is 2.22. The van der Waals surface area contributed by atoms with E-state index >= 15 is 0 Å². The van der Waals surface area contributed by atoms with E-state index in [4.69, 9.17) is 10.5 Å². The van der Waals surface area contributed by atoms with Crippen LogP contribution in [0.25, 0.3) is 0 Å². The van der Waals surface area contributed by atoms with Crippen molar-refractivity contribution in [3.8, 4) is 0 Å². The van der Waals surface area contributed by atoms with E-state index in [1.807, 2.05) is 6.20 Å². The molecule has 1 aromatic rings. The first-order valence-electron chi connectivity index (χ1n) is 5.69. The molecule has 1 aromatic heterocycles. The van der Waals surface area contributed by atoms with E-state index in [-0.39, 0.29) is 11.9 Å². The number of anilines is 1. The van der Waals surface area contributed by atoms with Crippen molar-refractivity contribution < 1.29 is 9.53 Å². The van der Waals surface area contributed by atoms with Crippen molar-refractivity contribution in [2.75, 3.05) is 25.9 Å². The molecule has 0 bridgehead atoms. The first-order chi connectivity index (χ1) is 8.19. The van der Waals surface area contributed by atoms with Gasteiger partial charge in [0, 0.05) is 24.2 Å². The number of esters is 1. The molecular formula is C11H17N3O2S. The van der Waals surface area contributed by atoms with Crippen molar-refractivity contribution in [2.24, 2.45) is 5.92 Å². The molecule has 94 valence electrons. The monoisotopic (exact) mass is 255 g/mol. The predicted molar refractivity (Wildman–Crippen MR) is 66.5 cm³/mol. The Balaban J connectivity index is 1.91. The Bertz CT molecular complexity index is 394. The maximum atomic E-state index is 11.5. The van der Waals surface area contributed by atoms with Gasteiger partial charge in [0.05, 0.1) is 13.0 Å². The van der Waals surface area contributed by atoms with Gasteiger partial charge in [0.25, 0.3) is 0 Å². The molecule has 2 rings (SSSR count). The summed E-state index contributed by atoms with van der Waals surface area (Å²) in [5, 5.41) is 0.599. The zero-order chi connectivity index (χ0) is 12.3. The Hall–Kier alpha value is -1.14. The lowest BCUT2D eigenvalue weighted by atomic mass is 9.98. The fraction of sp³-hybridized carbons (Fsp3) is 0.636. The second-order valence-corrected chi connectivity index (χ2v) is 5.41. The van der Waals surface area contributed by atoms with Gasteiger partial charge in [0.2, 0.25) is 0 Å². The largest absolute Gasteiger partial charge is 0.469 e. The fourth-order valence-electron chi connectivity index (χ4n) is 2.17. The number of nitrogens with two attached hydrogens (primary N) is 1. The van der Waals surface area contributed by atoms with Gasteiger partial charge in [-0.25, -0.2) is 4.98 Å². The van der Waals surface area contributed by atoms with Crippen LogP contribution in [-0.2, 0) is 16.1 Å². The van der Waals surface area contributed by atoms with E-state index in [2.05, 4.69) is 9.88 Å². The van der Waals surface area contributed by atoms with E-state index in [0.29, 0.717) is 5.13 Å². The molecular weight excluding hydrogens is 238 g/mol. The first-order valence-corrected chi connectivity index (χ1v) is 6.51. The van der Waals surface area contributed by atoms with Crippen LogP contribution in [0.1, 0.15) is 17.7 Å². The maximum Gasteiger partial charge on any atom is 0.309 e. The van der Waals surface area contributed by atoms with Gasteiger partial charge in [-0.05, 0) is 19.4 Å². The Kier molecular flexibility index (Phi) is 3.96. The van der Waals surface area contributed by atoms with Crippen LogP contribution in [-0.4, -0.2) is 36.1 Å². The molecule has 5 nitrogen and oxygen atoms in total. The van der Waals surface area contributed by atoms with E-state index in [9.17, 15) is 4.79 Å². The normalized spacial score (nSPS) is 21.4. The number of ether oxygens (including phenoxy) is 1. The molecule has 2 heterocycles. The van der Waals surface area contributed by atoms with Crippen molar-refractivity contribution in [1.82, 2.24) is 9.88 Å². The Morgan fingerprint density at radius 1 is 1.76 bits per heavy atom. The van der Waals surface area contributed by atoms with Crippen molar-refractivity contribution in [3.05, 3.63) is 11.1 Å². The maximum absolute atomic E-state index is 11.5. The van der Waals surface area contributed by atoms with E-state index in [1.54, 1.807) is 0 Å². The van der Waals surface area contributed by atoms with Crippen molar-refractivity contribution in [3.63, 3.8) is 0 Å². The lowest BCUT2D eigenvalue weighted by molar-refractivity contribution is -0.147. The number of piperidine rings is 1. The SMILES string of the molecule is COC(=O)[C@H]1CCCN(Cc2cnc(N)s2)C1. The zero-order valence-corrected chi connectivity index (χ0v) is 10.7. The Labute approximate surface area is 105 Å². The van der Waals surface area contributed by atoms with E-state index < -0.39 is 0 Å². The van der Waals surface area contributed by atoms with Crippen LogP contribution in [0.15, 0.2) is 6.20 Å². The molecule has 2 N–H and O–H groups in total. The van der Waals surface area contributed by atoms with Crippen LogP contribution in [0.4, 0.5) is 5.13 Å². The number of rotatable bonds is 3. The van der Waals surface area contributed by atoms with Crippen LogP contribution in [0.2, 0.25) is 0 Å². The summed E-state index contributed by atoms with van der Waals surface area (Å²) in [4.78, 5) is 18.9. The van der Waals surface area contributed by atoms with Gasteiger partial charge in [-0.1, -0.05) is 0 Å². The van der Waals surface area contributed by atoms with Crippen LogP contribution in [0.5, 0.6) is 0 Å². The molecule has 0 unspecified atom stereocenters. The molecule has 0 saturated carbocycles. The highest BCUT2D eigenvalue weighted by Gasteiger charge is 2.26. The first kappa shape index (κ1) is 12.3. The van der Waals surface area contributed by atoms with Gasteiger partial charge in [-0.2, -0.15) is 0 Å². The molecule has 0 amide bonds. The van der Waals surface area contributed by atoms with Gasteiger partial charge in [-0.3, -0.25) is 9.69 Å². The van der Waals surface area contributed by atoms with Crippen LogP contribution < -0.4 is 5.73 Å². The molecule has 1 saturated heterocycles. The highest BCUT2D eigenvalue weighted by molar-refractivity contribution is 7.15. The molecule has 1 aliphatic rings. The number of carbonyl (C=O) groups is 1. The number of nitrogen functional groups attached to an aromatic ring is 1. The quantitative estimate of drug-likeness (QED) is 0.819. The zero-order valence-electron chi connectivity index (χ0n) is 9.89. The number of hydrogen-bond acceptors (Lipinski definition) is 6. The van der Waals surface area contributed by atoms with Gasteiger partial charge in [0.15, 0.2) is 5.13 Å². The smallest absolute Gasteiger partial charge is 0.309 e. The standard InChI is InChI=1S/C11H17N3O2S/c1-16-10(15)8-3-2-4-14(6-8)7-9-5-13-11(12)17-9/h5,8H,2-4,6-7H2,1H3,(H2,12,13)/t8-/m0/s1. The van der Waals surface area contributed by atoms with Crippen LogP contribution >= 0.6 is 11.3 Å². The summed E-state index contributed by atoms with van der Waals surface area (Å²) >= 11 is 1.51. The van der Waals surface area contributed by atoms with Gasteiger partial charge in [0.1, 0.15) is 0 Å². The lowest BCUT2D eigenvalue weighted by Gasteiger charge is -2.30. The van der Waals surface area contributed by atoms with Crippen molar-refractivity contribution >= 4 is 22.4 Å². The third kappa shape index (κ3) is 3.17. The topological polar surface area (TPSA) is 68.5 Å². The lowest BCUT2D eigenvalue weighted by Crippen LogP contribution is -2.38. The van der Waals surface area contributed by atoms with Crippen LogP contribution in [0.3, 0.4) is 0 Å². The summed E-state index contributed by atoms with van der Waals surface area (Å²) in [6.07, 6.45) is 3.77. The second-order valence-electron chi connectivity index (χ2n) is 4.26. The third-order valence-corrected chi connectivity index (χ3v) is 3.80. The van der Waals surface area contributed by atoms with Gasteiger partial charge >= 0.3 is 5.97 Å². The number of hydrogen-bond donors (Lipinski definition) is 1. The molecule has 0 spiro atoms. The molecule has 1 aliphatic heterocycles. The fourth-order valence-corrected chi connectivity index (χ4v) is 2.90. The minimum absolute atomic E-state index is 0.0130. The van der Waals surface area contributed by atoms with Gasteiger partial charge < -0.3 is 10.5 Å². The van der Waals surface area contributed by atoms with E-state index in [0.717, 1.165) is 37.4 Å². The summed E-state index contributed by atoms with van der Waals surface area (Å²) < 4.78 is 4.80. The molecule has 17 heavy (non-hydrogen) atoms. The van der Waals surface area contributed by atoms with Gasteiger partial charge in [-0.15, -0.1) is 11.3 Å². The van der Waals surface area contributed by atoms with Crippen LogP contribution in [0, 0.1) is 5.92 Å². The summed E-state index contributed by atoms with van der Waals surface area (Å²) in [5.41, 5.74) is 5.60. The average molecular weight is 255 g/mol. The average Bonchev–Trinajstić information content (AvgIpc) is 2.74. The molecule has 0 aliphatic carbocycles. The minimum atomic E-state index is -0.0986. The Morgan fingerprint density at radius 3 is 3.24 bits per heavy atom. The van der Waals surface area contributed by atoms with Crippen molar-refractivity contribution in [1.29, 1.82) is 0 Å². The van der Waals surface area contributed by atoms with Crippen molar-refractivity contribution in [2.45, 2.75) is 19.4 Å².